The maximum absolute atomic E-state index is 12.9. The van der Waals surface area contributed by atoms with Crippen molar-refractivity contribution in [2.45, 2.75) is 51.1 Å². The van der Waals surface area contributed by atoms with E-state index in [0.29, 0.717) is 0 Å². The lowest BCUT2D eigenvalue weighted by atomic mass is 10.2. The first-order chi connectivity index (χ1) is 12.2. The molecule has 0 radical (unpaired) electrons. The van der Waals surface area contributed by atoms with Gasteiger partial charge in [0.1, 0.15) is 10.7 Å². The average Bonchev–Trinajstić information content (AvgIpc) is 2.59. The van der Waals surface area contributed by atoms with Crippen molar-refractivity contribution in [3.8, 4) is 0 Å². The molecule has 0 bridgehead atoms. The lowest BCUT2D eigenvalue weighted by Crippen LogP contribution is -2.41. The molecule has 0 unspecified atom stereocenters. The van der Waals surface area contributed by atoms with Gasteiger partial charge in [-0.15, -0.1) is 0 Å². The summed E-state index contributed by atoms with van der Waals surface area (Å²) in [5.41, 5.74) is 1.02. The molecule has 2 aromatic rings. The van der Waals surface area contributed by atoms with E-state index in [1.165, 1.54) is 10.5 Å². The third kappa shape index (κ3) is 4.80. The number of nitrogens with zero attached hydrogens (tertiary/aromatic N) is 4. The van der Waals surface area contributed by atoms with Crippen molar-refractivity contribution in [2.75, 3.05) is 18.5 Å². The molecule has 0 aromatic carbocycles. The number of aromatic nitrogens is 2. The van der Waals surface area contributed by atoms with E-state index in [0.717, 1.165) is 24.5 Å². The van der Waals surface area contributed by atoms with Crippen LogP contribution in [0.2, 0.25) is 0 Å². The maximum Gasteiger partial charge on any atom is 0.245 e. The molecule has 0 aliphatic carbocycles. The molecule has 0 fully saturated rings. The maximum atomic E-state index is 12.9. The molecule has 0 saturated carbocycles. The highest BCUT2D eigenvalue weighted by Gasteiger charge is 2.29. The quantitative estimate of drug-likeness (QED) is 0.709. The van der Waals surface area contributed by atoms with Crippen LogP contribution in [0.3, 0.4) is 0 Å². The Bertz CT molecular complexity index is 782. The van der Waals surface area contributed by atoms with Crippen LogP contribution in [0.15, 0.2) is 47.6 Å². The molecule has 0 saturated heterocycles. The number of hydrogen-bond donors (Lipinski definition) is 0. The normalized spacial score (nSPS) is 12.2. The van der Waals surface area contributed by atoms with E-state index in [1.807, 2.05) is 57.8 Å². The molecule has 142 valence electrons. The summed E-state index contributed by atoms with van der Waals surface area (Å²) in [5.74, 6) is 0.737. The number of likely N-dealkylation sites (N-methyl/N-ethyl adjacent to an activating group) is 1. The van der Waals surface area contributed by atoms with Gasteiger partial charge in [0.2, 0.25) is 10.0 Å². The minimum Gasteiger partial charge on any atom is -0.359 e. The predicted molar refractivity (Wildman–Crippen MR) is 105 cm³/mol. The van der Waals surface area contributed by atoms with Gasteiger partial charge in [0, 0.05) is 50.2 Å². The van der Waals surface area contributed by atoms with Crippen molar-refractivity contribution in [3.63, 3.8) is 0 Å². The zero-order valence-corrected chi connectivity index (χ0v) is 16.9. The van der Waals surface area contributed by atoms with E-state index in [4.69, 9.17) is 0 Å². The van der Waals surface area contributed by atoms with Gasteiger partial charge in [-0.05, 0) is 52.0 Å². The monoisotopic (exact) mass is 376 g/mol. The molecule has 0 amide bonds. The Labute approximate surface area is 156 Å². The highest BCUT2D eigenvalue weighted by Crippen LogP contribution is 2.22. The number of hydrogen-bond acceptors (Lipinski definition) is 5. The fourth-order valence-corrected chi connectivity index (χ4v) is 4.75. The molecule has 2 aromatic heterocycles. The van der Waals surface area contributed by atoms with Gasteiger partial charge in [0.25, 0.3) is 0 Å². The summed E-state index contributed by atoms with van der Waals surface area (Å²) in [4.78, 5) is 10.9. The number of sulfonamides is 1. The molecular formula is C19H28N4O2S. The number of rotatable bonds is 8. The van der Waals surface area contributed by atoms with Crippen LogP contribution in [-0.4, -0.2) is 48.4 Å². The standard InChI is InChI=1S/C19H28N4O2S/c1-15(2)23(16(3)4)26(24,25)18-9-10-19(21-14-18)22(5)13-11-17-8-6-7-12-20-17/h6-10,12,14-16H,11,13H2,1-5H3. The summed E-state index contributed by atoms with van der Waals surface area (Å²) >= 11 is 0. The second-order valence-electron chi connectivity index (χ2n) is 6.87. The second-order valence-corrected chi connectivity index (χ2v) is 8.71. The molecule has 2 rings (SSSR count). The first-order valence-corrected chi connectivity index (χ1v) is 10.3. The van der Waals surface area contributed by atoms with E-state index in [-0.39, 0.29) is 17.0 Å². The van der Waals surface area contributed by atoms with Crippen molar-refractivity contribution in [2.24, 2.45) is 0 Å². The van der Waals surface area contributed by atoms with Crippen LogP contribution in [0.5, 0.6) is 0 Å². The first-order valence-electron chi connectivity index (χ1n) is 8.84. The largest absolute Gasteiger partial charge is 0.359 e. The minimum atomic E-state index is -3.55. The highest BCUT2D eigenvalue weighted by atomic mass is 32.2. The summed E-state index contributed by atoms with van der Waals surface area (Å²) in [7, 11) is -1.62. The number of anilines is 1. The summed E-state index contributed by atoms with van der Waals surface area (Å²) in [6.45, 7) is 8.27. The van der Waals surface area contributed by atoms with Crippen LogP contribution in [0.25, 0.3) is 0 Å². The van der Waals surface area contributed by atoms with Crippen LogP contribution in [0.1, 0.15) is 33.4 Å². The molecule has 26 heavy (non-hydrogen) atoms. The molecule has 0 N–H and O–H groups in total. The molecule has 0 aliphatic rings. The SMILES string of the molecule is CC(C)N(C(C)C)S(=O)(=O)c1ccc(N(C)CCc2ccccn2)nc1. The van der Waals surface area contributed by atoms with Crippen molar-refractivity contribution in [1.82, 2.24) is 14.3 Å². The zero-order valence-electron chi connectivity index (χ0n) is 16.1. The summed E-state index contributed by atoms with van der Waals surface area (Å²) in [6.07, 6.45) is 4.02. The fourth-order valence-electron chi connectivity index (χ4n) is 2.97. The molecule has 2 heterocycles. The van der Waals surface area contributed by atoms with Gasteiger partial charge in [0.05, 0.1) is 0 Å². The van der Waals surface area contributed by atoms with Crippen molar-refractivity contribution >= 4 is 15.8 Å². The van der Waals surface area contributed by atoms with E-state index < -0.39 is 10.0 Å². The Morgan fingerprint density at radius 2 is 1.69 bits per heavy atom. The van der Waals surface area contributed by atoms with Crippen molar-refractivity contribution in [3.05, 3.63) is 48.4 Å². The lowest BCUT2D eigenvalue weighted by molar-refractivity contribution is 0.302. The molecule has 0 aliphatic heterocycles. The Balaban J connectivity index is 2.11. The van der Waals surface area contributed by atoms with Crippen LogP contribution in [-0.2, 0) is 16.4 Å². The molecule has 6 nitrogen and oxygen atoms in total. The summed E-state index contributed by atoms with van der Waals surface area (Å²) in [5, 5.41) is 0. The van der Waals surface area contributed by atoms with Gasteiger partial charge in [0.15, 0.2) is 0 Å². The third-order valence-corrected chi connectivity index (χ3v) is 6.37. The van der Waals surface area contributed by atoms with Gasteiger partial charge < -0.3 is 4.90 Å². The van der Waals surface area contributed by atoms with Crippen LogP contribution < -0.4 is 4.90 Å². The minimum absolute atomic E-state index is 0.110. The molecule has 0 atom stereocenters. The number of pyridine rings is 2. The Morgan fingerprint density at radius 1 is 1.00 bits per heavy atom. The van der Waals surface area contributed by atoms with Gasteiger partial charge >= 0.3 is 0 Å². The predicted octanol–water partition coefficient (Wildman–Crippen LogP) is 2.96. The lowest BCUT2D eigenvalue weighted by Gasteiger charge is -2.29. The average molecular weight is 377 g/mol. The summed E-state index contributed by atoms with van der Waals surface area (Å²) in [6, 6.07) is 9.02. The van der Waals surface area contributed by atoms with Crippen LogP contribution in [0, 0.1) is 0 Å². The van der Waals surface area contributed by atoms with Gasteiger partial charge in [-0.2, -0.15) is 4.31 Å². The van der Waals surface area contributed by atoms with Gasteiger partial charge in [-0.1, -0.05) is 6.07 Å². The molecule has 7 heteroatoms. The topological polar surface area (TPSA) is 66.4 Å². The van der Waals surface area contributed by atoms with E-state index in [1.54, 1.807) is 18.3 Å². The van der Waals surface area contributed by atoms with E-state index in [9.17, 15) is 8.42 Å². The Hall–Kier alpha value is -1.99. The van der Waals surface area contributed by atoms with Crippen LogP contribution in [0.4, 0.5) is 5.82 Å². The Morgan fingerprint density at radius 3 is 2.19 bits per heavy atom. The van der Waals surface area contributed by atoms with Crippen LogP contribution >= 0.6 is 0 Å². The molecular weight excluding hydrogens is 348 g/mol. The smallest absolute Gasteiger partial charge is 0.245 e. The fraction of sp³-hybridized carbons (Fsp3) is 0.474. The first kappa shape index (κ1) is 20.3. The Kier molecular flexibility index (Phi) is 6.72. The second kappa shape index (κ2) is 8.60. The van der Waals surface area contributed by atoms with E-state index in [2.05, 4.69) is 9.97 Å². The summed E-state index contributed by atoms with van der Waals surface area (Å²) < 4.78 is 27.3. The zero-order chi connectivity index (χ0) is 19.3. The van der Waals surface area contributed by atoms with Gasteiger partial charge in [-0.3, -0.25) is 4.98 Å². The van der Waals surface area contributed by atoms with E-state index >= 15 is 0 Å². The van der Waals surface area contributed by atoms with Crippen molar-refractivity contribution < 1.29 is 8.42 Å². The third-order valence-electron chi connectivity index (χ3n) is 4.13. The molecule has 0 spiro atoms. The highest BCUT2D eigenvalue weighted by molar-refractivity contribution is 7.89. The van der Waals surface area contributed by atoms with Gasteiger partial charge in [-0.25, -0.2) is 13.4 Å². The van der Waals surface area contributed by atoms with Crippen molar-refractivity contribution in [1.29, 1.82) is 0 Å².